The van der Waals surface area contributed by atoms with Gasteiger partial charge < -0.3 is 9.64 Å². The molecule has 0 aliphatic rings. The molecule has 0 aliphatic carbocycles. The number of aryl methyl sites for hydroxylation is 2. The molecule has 0 bridgehead atoms. The number of aromatic nitrogens is 2. The SMILES string of the molecule is CCCc1cc(C(=O)N(C)CCOc2ccc(C)cc2)n[nH]1. The van der Waals surface area contributed by atoms with E-state index < -0.39 is 0 Å². The lowest BCUT2D eigenvalue weighted by atomic mass is 10.2. The fourth-order valence-electron chi connectivity index (χ4n) is 2.10. The minimum atomic E-state index is -0.0916. The van der Waals surface area contributed by atoms with Crippen LogP contribution in [0.5, 0.6) is 5.75 Å². The molecular weight excluding hydrogens is 278 g/mol. The monoisotopic (exact) mass is 301 g/mol. The lowest BCUT2D eigenvalue weighted by Gasteiger charge is -2.16. The molecule has 5 heteroatoms. The van der Waals surface area contributed by atoms with Crippen LogP contribution in [0.3, 0.4) is 0 Å². The first kappa shape index (κ1) is 16.1. The number of hydrogen-bond donors (Lipinski definition) is 1. The molecule has 0 saturated heterocycles. The summed E-state index contributed by atoms with van der Waals surface area (Å²) < 4.78 is 5.64. The van der Waals surface area contributed by atoms with E-state index in [0.29, 0.717) is 18.8 Å². The summed E-state index contributed by atoms with van der Waals surface area (Å²) >= 11 is 0. The second-order valence-electron chi connectivity index (χ2n) is 5.42. The number of rotatable bonds is 7. The van der Waals surface area contributed by atoms with Crippen molar-refractivity contribution < 1.29 is 9.53 Å². The van der Waals surface area contributed by atoms with Crippen molar-refractivity contribution in [1.82, 2.24) is 15.1 Å². The highest BCUT2D eigenvalue weighted by Gasteiger charge is 2.15. The van der Waals surface area contributed by atoms with Crippen LogP contribution in [0.15, 0.2) is 30.3 Å². The highest BCUT2D eigenvalue weighted by atomic mass is 16.5. The van der Waals surface area contributed by atoms with Crippen LogP contribution >= 0.6 is 0 Å². The van der Waals surface area contributed by atoms with Crippen LogP contribution in [0.1, 0.15) is 35.1 Å². The third kappa shape index (κ3) is 4.35. The van der Waals surface area contributed by atoms with E-state index in [0.717, 1.165) is 24.3 Å². The summed E-state index contributed by atoms with van der Waals surface area (Å²) in [5.41, 5.74) is 2.65. The van der Waals surface area contributed by atoms with Crippen molar-refractivity contribution in [2.75, 3.05) is 20.2 Å². The maximum Gasteiger partial charge on any atom is 0.274 e. The number of ether oxygens (including phenoxy) is 1. The molecule has 118 valence electrons. The molecule has 0 spiro atoms. The van der Waals surface area contributed by atoms with Crippen molar-refractivity contribution >= 4 is 5.91 Å². The average molecular weight is 301 g/mol. The molecule has 0 unspecified atom stereocenters. The topological polar surface area (TPSA) is 58.2 Å². The predicted molar refractivity (Wildman–Crippen MR) is 86.2 cm³/mol. The Kier molecular flexibility index (Phi) is 5.58. The Bertz CT molecular complexity index is 605. The summed E-state index contributed by atoms with van der Waals surface area (Å²) in [5.74, 6) is 0.725. The number of nitrogens with one attached hydrogen (secondary N) is 1. The Hall–Kier alpha value is -2.30. The number of benzene rings is 1. The van der Waals surface area contributed by atoms with Crippen LogP contribution in [-0.2, 0) is 6.42 Å². The Morgan fingerprint density at radius 3 is 2.73 bits per heavy atom. The zero-order valence-electron chi connectivity index (χ0n) is 13.4. The first-order valence-corrected chi connectivity index (χ1v) is 7.59. The van der Waals surface area contributed by atoms with Gasteiger partial charge in [0.2, 0.25) is 0 Å². The van der Waals surface area contributed by atoms with Crippen LogP contribution in [-0.4, -0.2) is 41.2 Å². The lowest BCUT2D eigenvalue weighted by Crippen LogP contribution is -2.31. The second kappa shape index (κ2) is 7.64. The predicted octanol–water partition coefficient (Wildman–Crippen LogP) is 2.82. The van der Waals surface area contributed by atoms with Gasteiger partial charge in [0, 0.05) is 12.7 Å². The zero-order valence-corrected chi connectivity index (χ0v) is 13.4. The first-order valence-electron chi connectivity index (χ1n) is 7.59. The third-order valence-electron chi connectivity index (χ3n) is 3.43. The Labute approximate surface area is 131 Å². The first-order chi connectivity index (χ1) is 10.6. The molecule has 1 heterocycles. The molecule has 0 radical (unpaired) electrons. The van der Waals surface area contributed by atoms with E-state index in [1.165, 1.54) is 5.56 Å². The lowest BCUT2D eigenvalue weighted by molar-refractivity contribution is 0.0768. The van der Waals surface area contributed by atoms with Crippen molar-refractivity contribution in [3.63, 3.8) is 0 Å². The smallest absolute Gasteiger partial charge is 0.274 e. The molecule has 2 aromatic rings. The van der Waals surface area contributed by atoms with Crippen LogP contribution in [0.2, 0.25) is 0 Å². The molecule has 0 aliphatic heterocycles. The van der Waals surface area contributed by atoms with Gasteiger partial charge in [-0.1, -0.05) is 31.0 Å². The van der Waals surface area contributed by atoms with Crippen molar-refractivity contribution in [3.8, 4) is 5.75 Å². The van der Waals surface area contributed by atoms with Gasteiger partial charge in [-0.3, -0.25) is 9.89 Å². The van der Waals surface area contributed by atoms with Gasteiger partial charge in [0.25, 0.3) is 5.91 Å². The van der Waals surface area contributed by atoms with E-state index in [1.54, 1.807) is 11.9 Å². The number of amides is 1. The average Bonchev–Trinajstić information content (AvgIpc) is 2.97. The van der Waals surface area contributed by atoms with Crippen molar-refractivity contribution in [2.24, 2.45) is 0 Å². The van der Waals surface area contributed by atoms with E-state index in [1.807, 2.05) is 37.3 Å². The summed E-state index contributed by atoms with van der Waals surface area (Å²) in [5, 5.41) is 6.98. The molecule has 1 aromatic carbocycles. The number of carbonyl (C=O) groups excluding carboxylic acids is 1. The molecule has 1 N–H and O–H groups in total. The summed E-state index contributed by atoms with van der Waals surface area (Å²) in [4.78, 5) is 13.9. The van der Waals surface area contributed by atoms with Crippen LogP contribution < -0.4 is 4.74 Å². The fraction of sp³-hybridized carbons (Fsp3) is 0.412. The maximum atomic E-state index is 12.2. The highest BCUT2D eigenvalue weighted by molar-refractivity contribution is 5.92. The van der Waals surface area contributed by atoms with Gasteiger partial charge in [0.05, 0.1) is 6.54 Å². The van der Waals surface area contributed by atoms with Crippen molar-refractivity contribution in [3.05, 3.63) is 47.3 Å². The zero-order chi connectivity index (χ0) is 15.9. The summed E-state index contributed by atoms with van der Waals surface area (Å²) in [6.45, 7) is 5.10. The molecular formula is C17H23N3O2. The molecule has 0 saturated carbocycles. The quantitative estimate of drug-likeness (QED) is 0.855. The van der Waals surface area contributed by atoms with Gasteiger partial charge in [0.1, 0.15) is 18.1 Å². The number of hydrogen-bond acceptors (Lipinski definition) is 3. The molecule has 1 amide bonds. The molecule has 0 atom stereocenters. The van der Waals surface area contributed by atoms with Gasteiger partial charge in [-0.25, -0.2) is 0 Å². The van der Waals surface area contributed by atoms with E-state index in [2.05, 4.69) is 17.1 Å². The standard InChI is InChI=1S/C17H23N3O2/c1-4-5-14-12-16(19-18-14)17(21)20(3)10-11-22-15-8-6-13(2)7-9-15/h6-9,12H,4-5,10-11H2,1-3H3,(H,18,19). The molecule has 0 fully saturated rings. The number of carbonyl (C=O) groups is 1. The Morgan fingerprint density at radius 1 is 1.32 bits per heavy atom. The van der Waals surface area contributed by atoms with E-state index in [-0.39, 0.29) is 5.91 Å². The number of likely N-dealkylation sites (N-methyl/N-ethyl adjacent to an activating group) is 1. The minimum Gasteiger partial charge on any atom is -0.492 e. The van der Waals surface area contributed by atoms with Gasteiger partial charge in [-0.15, -0.1) is 0 Å². The van der Waals surface area contributed by atoms with Crippen molar-refractivity contribution in [1.29, 1.82) is 0 Å². The van der Waals surface area contributed by atoms with Gasteiger partial charge in [-0.2, -0.15) is 5.10 Å². The molecule has 5 nitrogen and oxygen atoms in total. The normalized spacial score (nSPS) is 10.5. The van der Waals surface area contributed by atoms with Crippen LogP contribution in [0.25, 0.3) is 0 Å². The number of H-pyrrole nitrogens is 1. The third-order valence-corrected chi connectivity index (χ3v) is 3.43. The number of aromatic amines is 1. The molecule has 1 aromatic heterocycles. The summed E-state index contributed by atoms with van der Waals surface area (Å²) in [6, 6.07) is 9.69. The van der Waals surface area contributed by atoms with Gasteiger partial charge >= 0.3 is 0 Å². The number of nitrogens with zero attached hydrogens (tertiary/aromatic N) is 2. The Balaban J connectivity index is 1.81. The molecule has 22 heavy (non-hydrogen) atoms. The van der Waals surface area contributed by atoms with Gasteiger partial charge in [-0.05, 0) is 31.5 Å². The second-order valence-corrected chi connectivity index (χ2v) is 5.42. The van der Waals surface area contributed by atoms with Gasteiger partial charge in [0.15, 0.2) is 0 Å². The van der Waals surface area contributed by atoms with Crippen LogP contribution in [0, 0.1) is 6.92 Å². The fourth-order valence-corrected chi connectivity index (χ4v) is 2.10. The Morgan fingerprint density at radius 2 is 2.05 bits per heavy atom. The highest BCUT2D eigenvalue weighted by Crippen LogP contribution is 2.11. The van der Waals surface area contributed by atoms with Crippen LogP contribution in [0.4, 0.5) is 0 Å². The van der Waals surface area contributed by atoms with E-state index >= 15 is 0 Å². The minimum absolute atomic E-state index is 0.0916. The summed E-state index contributed by atoms with van der Waals surface area (Å²) in [6.07, 6.45) is 1.93. The van der Waals surface area contributed by atoms with E-state index in [9.17, 15) is 4.79 Å². The van der Waals surface area contributed by atoms with E-state index in [4.69, 9.17) is 4.74 Å². The maximum absolute atomic E-state index is 12.2. The molecule has 2 rings (SSSR count). The largest absolute Gasteiger partial charge is 0.492 e. The van der Waals surface area contributed by atoms with Crippen molar-refractivity contribution in [2.45, 2.75) is 26.7 Å². The summed E-state index contributed by atoms with van der Waals surface area (Å²) in [7, 11) is 1.76.